The summed E-state index contributed by atoms with van der Waals surface area (Å²) in [7, 11) is 1.57. The third-order valence-electron chi connectivity index (χ3n) is 6.69. The van der Waals surface area contributed by atoms with Gasteiger partial charge in [0.05, 0.1) is 36.2 Å². The molecule has 6 nitrogen and oxygen atoms in total. The molecule has 5 rings (SSSR count). The molecule has 0 N–H and O–H groups in total. The van der Waals surface area contributed by atoms with E-state index in [9.17, 15) is 9.59 Å². The molecule has 1 aromatic carbocycles. The molecule has 0 unspecified atom stereocenters. The van der Waals surface area contributed by atoms with E-state index in [-0.39, 0.29) is 40.9 Å². The second-order valence-corrected chi connectivity index (χ2v) is 8.78. The molecule has 0 radical (unpaired) electrons. The van der Waals surface area contributed by atoms with Crippen LogP contribution in [0.1, 0.15) is 25.3 Å². The first-order valence-electron chi connectivity index (χ1n) is 9.62. The van der Waals surface area contributed by atoms with Crippen LogP contribution < -0.4 is 9.47 Å². The van der Waals surface area contributed by atoms with Crippen LogP contribution in [-0.4, -0.2) is 36.8 Å². The Bertz CT molecular complexity index is 903. The summed E-state index contributed by atoms with van der Waals surface area (Å²) in [6.45, 7) is 2.41. The van der Waals surface area contributed by atoms with E-state index in [0.717, 1.165) is 22.3 Å². The minimum absolute atomic E-state index is 0.161. The zero-order valence-electron chi connectivity index (χ0n) is 15.7. The van der Waals surface area contributed by atoms with Crippen molar-refractivity contribution >= 4 is 34.0 Å². The van der Waals surface area contributed by atoms with Crippen LogP contribution in [-0.2, 0) is 9.59 Å². The van der Waals surface area contributed by atoms with Crippen molar-refractivity contribution in [2.45, 2.75) is 19.8 Å². The molecular weight excluding hydrogens is 424 g/mol. The van der Waals surface area contributed by atoms with Crippen LogP contribution in [0.25, 0.3) is 0 Å². The Morgan fingerprint density at radius 1 is 1.21 bits per heavy atom. The second-order valence-electron chi connectivity index (χ2n) is 7.92. The highest BCUT2D eigenvalue weighted by Gasteiger charge is 2.73. The summed E-state index contributed by atoms with van der Waals surface area (Å²) in [4.78, 5) is 25.9. The number of imide groups is 1. The van der Waals surface area contributed by atoms with Crippen LogP contribution in [0, 0.1) is 29.1 Å². The van der Waals surface area contributed by atoms with E-state index in [0.29, 0.717) is 23.7 Å². The van der Waals surface area contributed by atoms with Gasteiger partial charge < -0.3 is 9.47 Å². The predicted molar refractivity (Wildman–Crippen MR) is 106 cm³/mol. The molecule has 1 saturated heterocycles. The number of halogens is 1. The lowest BCUT2D eigenvalue weighted by Gasteiger charge is -2.18. The minimum atomic E-state index is -0.233. The van der Waals surface area contributed by atoms with Crippen molar-refractivity contribution < 1.29 is 19.1 Å². The van der Waals surface area contributed by atoms with Gasteiger partial charge in [-0.15, -0.1) is 0 Å². The van der Waals surface area contributed by atoms with Crippen LogP contribution in [0.4, 0.5) is 0 Å². The largest absolute Gasteiger partial charge is 0.493 e. The summed E-state index contributed by atoms with van der Waals surface area (Å²) in [6, 6.07) is 3.60. The van der Waals surface area contributed by atoms with Gasteiger partial charge in [-0.25, -0.2) is 0 Å². The van der Waals surface area contributed by atoms with Crippen LogP contribution in [0.3, 0.4) is 0 Å². The van der Waals surface area contributed by atoms with E-state index in [2.05, 4.69) is 33.2 Å². The standard InChI is InChI=1S/C21H21BrN2O4/c1-3-28-18-14(22)8-11(9-15(18)27-2)10-23-24-19(25)16-12-4-5-13(17(16)20(24)26)21(12)6-7-21/h4-5,8-10,12-13,16-17H,3,6-7H2,1-2H3/b23-10-/t12-,13-,16+,17+/m1/s1. The zero-order chi connectivity index (χ0) is 19.6. The molecule has 3 fully saturated rings. The summed E-state index contributed by atoms with van der Waals surface area (Å²) in [6.07, 6.45) is 8.11. The van der Waals surface area contributed by atoms with E-state index in [1.807, 2.05) is 13.0 Å². The van der Waals surface area contributed by atoms with Gasteiger partial charge >= 0.3 is 0 Å². The maximum Gasteiger partial charge on any atom is 0.254 e. The number of hydrazone groups is 1. The average Bonchev–Trinajstić information content (AvgIpc) is 3.28. The number of hydrogen-bond donors (Lipinski definition) is 0. The van der Waals surface area contributed by atoms with Crippen molar-refractivity contribution in [1.29, 1.82) is 0 Å². The van der Waals surface area contributed by atoms with E-state index in [4.69, 9.17) is 9.47 Å². The summed E-state index contributed by atoms with van der Waals surface area (Å²) in [5.74, 6) is 0.803. The fourth-order valence-corrected chi connectivity index (χ4v) is 5.97. The number of methoxy groups -OCH3 is 1. The molecule has 1 aliphatic heterocycles. The number of nitrogens with zero attached hydrogens (tertiary/aromatic N) is 2. The van der Waals surface area contributed by atoms with Crippen LogP contribution in [0.2, 0.25) is 0 Å². The smallest absolute Gasteiger partial charge is 0.254 e. The quantitative estimate of drug-likeness (QED) is 0.396. The highest BCUT2D eigenvalue weighted by atomic mass is 79.9. The second kappa shape index (κ2) is 6.17. The molecular formula is C21H21BrN2O4. The van der Waals surface area contributed by atoms with Gasteiger partial charge in [-0.05, 0) is 70.6 Å². The Labute approximate surface area is 171 Å². The van der Waals surface area contributed by atoms with Gasteiger partial charge in [-0.2, -0.15) is 10.1 Å². The lowest BCUT2D eigenvalue weighted by molar-refractivity contribution is -0.141. The predicted octanol–water partition coefficient (Wildman–Crippen LogP) is 3.39. The highest BCUT2D eigenvalue weighted by Crippen LogP contribution is 2.73. The first-order valence-corrected chi connectivity index (χ1v) is 10.4. The van der Waals surface area contributed by atoms with Gasteiger partial charge in [0.1, 0.15) is 0 Å². The maximum absolute atomic E-state index is 13.0. The number of carbonyl (C=O) groups is 2. The Kier molecular flexibility index (Phi) is 3.95. The molecule has 2 saturated carbocycles. The molecule has 1 aromatic rings. The fraction of sp³-hybridized carbons (Fsp3) is 0.476. The van der Waals surface area contributed by atoms with Gasteiger partial charge in [-0.3, -0.25) is 9.59 Å². The number of ether oxygens (including phenoxy) is 2. The molecule has 4 aliphatic rings. The summed E-state index contributed by atoms with van der Waals surface area (Å²) >= 11 is 3.48. The van der Waals surface area contributed by atoms with Crippen molar-refractivity contribution in [2.24, 2.45) is 34.2 Å². The Hall–Kier alpha value is -2.15. The number of benzene rings is 1. The normalized spacial score (nSPS) is 31.3. The first kappa shape index (κ1) is 17.9. The van der Waals surface area contributed by atoms with Gasteiger partial charge in [0, 0.05) is 0 Å². The molecule has 0 aromatic heterocycles. The lowest BCUT2D eigenvalue weighted by atomic mass is 9.85. The molecule has 146 valence electrons. The Balaban J connectivity index is 1.40. The van der Waals surface area contributed by atoms with Gasteiger partial charge in [-0.1, -0.05) is 12.2 Å². The number of carbonyl (C=O) groups excluding carboxylic acids is 2. The summed E-state index contributed by atoms with van der Waals surface area (Å²) in [5.41, 5.74) is 0.911. The third kappa shape index (κ3) is 2.28. The average molecular weight is 445 g/mol. The third-order valence-corrected chi connectivity index (χ3v) is 7.28. The van der Waals surface area contributed by atoms with Crippen LogP contribution in [0.5, 0.6) is 11.5 Å². The fourth-order valence-electron chi connectivity index (χ4n) is 5.40. The van der Waals surface area contributed by atoms with Gasteiger partial charge in [0.2, 0.25) is 0 Å². The van der Waals surface area contributed by atoms with E-state index < -0.39 is 0 Å². The van der Waals surface area contributed by atoms with E-state index in [1.165, 1.54) is 6.21 Å². The first-order chi connectivity index (χ1) is 13.5. The van der Waals surface area contributed by atoms with Crippen molar-refractivity contribution in [3.63, 3.8) is 0 Å². The molecule has 4 atom stereocenters. The molecule has 28 heavy (non-hydrogen) atoms. The van der Waals surface area contributed by atoms with Crippen LogP contribution in [0.15, 0.2) is 33.9 Å². The molecule has 1 spiro atoms. The molecule has 7 heteroatoms. The molecule has 3 aliphatic carbocycles. The zero-order valence-corrected chi connectivity index (χ0v) is 17.3. The minimum Gasteiger partial charge on any atom is -0.493 e. The van der Waals surface area contributed by atoms with Gasteiger partial charge in [0.25, 0.3) is 11.8 Å². The number of fused-ring (bicyclic) bond motifs is 3. The van der Waals surface area contributed by atoms with Crippen molar-refractivity contribution in [3.8, 4) is 11.5 Å². The Morgan fingerprint density at radius 3 is 2.39 bits per heavy atom. The number of hydrogen-bond acceptors (Lipinski definition) is 5. The van der Waals surface area contributed by atoms with Crippen molar-refractivity contribution in [1.82, 2.24) is 5.01 Å². The SMILES string of the molecule is CCOc1c(Br)cc(/C=N\N2C(=O)[C@@H]3[C@@H](C2=O)[C@H]2C=C[C@H]3C23CC3)cc1OC. The Morgan fingerprint density at radius 2 is 1.86 bits per heavy atom. The van der Waals surface area contributed by atoms with Crippen molar-refractivity contribution in [2.75, 3.05) is 13.7 Å². The highest BCUT2D eigenvalue weighted by molar-refractivity contribution is 9.10. The number of allylic oxidation sites excluding steroid dienone is 2. The topological polar surface area (TPSA) is 68.2 Å². The maximum atomic E-state index is 13.0. The molecule has 1 heterocycles. The summed E-state index contributed by atoms with van der Waals surface area (Å²) in [5, 5.41) is 5.34. The molecule has 2 amide bonds. The monoisotopic (exact) mass is 444 g/mol. The van der Waals surface area contributed by atoms with Crippen molar-refractivity contribution in [3.05, 3.63) is 34.3 Å². The van der Waals surface area contributed by atoms with E-state index >= 15 is 0 Å². The van der Waals surface area contributed by atoms with E-state index in [1.54, 1.807) is 13.2 Å². The lowest BCUT2D eigenvalue weighted by Crippen LogP contribution is -2.30. The summed E-state index contributed by atoms with van der Waals surface area (Å²) < 4.78 is 11.7. The van der Waals surface area contributed by atoms with Crippen LogP contribution >= 0.6 is 15.9 Å². The van der Waals surface area contributed by atoms with Gasteiger partial charge in [0.15, 0.2) is 11.5 Å². The number of rotatable bonds is 5. The number of amides is 2. The molecule has 2 bridgehead atoms.